The van der Waals surface area contributed by atoms with Gasteiger partial charge in [-0.3, -0.25) is 9.69 Å². The minimum Gasteiger partial charge on any atom is -0.303 e. The molecule has 0 aliphatic carbocycles. The molecule has 0 unspecified atom stereocenters. The van der Waals surface area contributed by atoms with Crippen molar-refractivity contribution >= 4 is 40.3 Å². The maximum absolute atomic E-state index is 14.6. The maximum atomic E-state index is 14.6. The predicted octanol–water partition coefficient (Wildman–Crippen LogP) is 5.73. The molecular formula is C22H22FN3OS. The quantitative estimate of drug-likeness (QED) is 0.491. The van der Waals surface area contributed by atoms with Crippen molar-refractivity contribution < 1.29 is 9.18 Å². The molecule has 0 spiro atoms. The Morgan fingerprint density at radius 2 is 1.79 bits per heavy atom. The number of benzene rings is 2. The first-order valence-electron chi connectivity index (χ1n) is 9.06. The molecule has 1 amide bonds. The Kier molecular flexibility index (Phi) is 4.99. The highest BCUT2D eigenvalue weighted by molar-refractivity contribution is 7.81. The summed E-state index contributed by atoms with van der Waals surface area (Å²) >= 11 is 5.63. The van der Waals surface area contributed by atoms with E-state index in [4.69, 9.17) is 18.8 Å². The molecule has 2 aromatic rings. The van der Waals surface area contributed by atoms with Gasteiger partial charge in [-0.05, 0) is 74.3 Å². The average Bonchev–Trinajstić information content (AvgIpc) is 2.79. The number of carbonyl (C=O) groups is 1. The van der Waals surface area contributed by atoms with E-state index < -0.39 is 5.54 Å². The number of hydrogen-bond donors (Lipinski definition) is 0. The van der Waals surface area contributed by atoms with Crippen LogP contribution in [0.25, 0.3) is 4.85 Å². The molecular weight excluding hydrogens is 373 g/mol. The van der Waals surface area contributed by atoms with Crippen LogP contribution in [0.1, 0.15) is 44.7 Å². The Labute approximate surface area is 170 Å². The van der Waals surface area contributed by atoms with Crippen LogP contribution < -0.4 is 9.80 Å². The lowest BCUT2D eigenvalue weighted by molar-refractivity contribution is -0.120. The van der Waals surface area contributed by atoms with Crippen molar-refractivity contribution in [3.63, 3.8) is 0 Å². The van der Waals surface area contributed by atoms with Crippen molar-refractivity contribution in [3.05, 3.63) is 64.8 Å². The highest BCUT2D eigenvalue weighted by Gasteiger charge is 2.50. The molecule has 0 saturated carbocycles. The van der Waals surface area contributed by atoms with Gasteiger partial charge in [0.05, 0.1) is 6.57 Å². The Morgan fingerprint density at radius 1 is 1.14 bits per heavy atom. The highest BCUT2D eigenvalue weighted by atomic mass is 32.1. The molecule has 1 saturated heterocycles. The molecule has 4 nitrogen and oxygen atoms in total. The van der Waals surface area contributed by atoms with Crippen LogP contribution in [0.3, 0.4) is 0 Å². The van der Waals surface area contributed by atoms with Crippen molar-refractivity contribution in [1.29, 1.82) is 0 Å². The van der Waals surface area contributed by atoms with Crippen LogP contribution in [0, 0.1) is 19.3 Å². The molecule has 0 aromatic heterocycles. The van der Waals surface area contributed by atoms with E-state index in [2.05, 4.69) is 4.85 Å². The summed E-state index contributed by atoms with van der Waals surface area (Å²) in [5, 5.41) is 0.293. The number of halogens is 1. The van der Waals surface area contributed by atoms with Crippen molar-refractivity contribution in [1.82, 2.24) is 0 Å². The van der Waals surface area contributed by atoms with E-state index in [0.29, 0.717) is 27.7 Å². The minimum atomic E-state index is -0.963. The monoisotopic (exact) mass is 395 g/mol. The zero-order chi connectivity index (χ0) is 20.8. The molecule has 6 heteroatoms. The number of anilines is 2. The van der Waals surface area contributed by atoms with Gasteiger partial charge in [0, 0.05) is 11.4 Å². The summed E-state index contributed by atoms with van der Waals surface area (Å²) in [7, 11) is 0. The van der Waals surface area contributed by atoms with Gasteiger partial charge < -0.3 is 4.90 Å². The number of rotatable bonds is 3. The van der Waals surface area contributed by atoms with Crippen molar-refractivity contribution in [3.8, 4) is 0 Å². The van der Waals surface area contributed by atoms with Gasteiger partial charge in [0.2, 0.25) is 0 Å². The number of hydrogen-bond acceptors (Lipinski definition) is 2. The summed E-state index contributed by atoms with van der Waals surface area (Å²) in [6.07, 6.45) is 0. The summed E-state index contributed by atoms with van der Waals surface area (Å²) in [4.78, 5) is 19.8. The van der Waals surface area contributed by atoms with Gasteiger partial charge in [0.15, 0.2) is 10.8 Å². The van der Waals surface area contributed by atoms with Crippen LogP contribution in [-0.2, 0) is 4.79 Å². The van der Waals surface area contributed by atoms with Gasteiger partial charge >= 0.3 is 0 Å². The molecule has 1 heterocycles. The molecule has 1 aliphatic heterocycles. The number of aryl methyl sites for hydroxylation is 1. The lowest BCUT2D eigenvalue weighted by Gasteiger charge is -2.29. The maximum Gasteiger partial charge on any atom is 0.259 e. The SMILES string of the molecule is [C-]#[N+]c1ccc(N2C(=O)C(C)(C)N(c3ccc(C(C)C)c(F)c3)C2=S)cc1C. The van der Waals surface area contributed by atoms with Crippen molar-refractivity contribution in [2.45, 2.75) is 46.1 Å². The Balaban J connectivity index is 2.07. The van der Waals surface area contributed by atoms with Crippen LogP contribution in [0.2, 0.25) is 0 Å². The van der Waals surface area contributed by atoms with Gasteiger partial charge in [-0.1, -0.05) is 26.0 Å². The van der Waals surface area contributed by atoms with E-state index in [1.54, 1.807) is 49.1 Å². The van der Waals surface area contributed by atoms with Gasteiger partial charge in [-0.15, -0.1) is 0 Å². The summed E-state index contributed by atoms with van der Waals surface area (Å²) in [5.41, 5.74) is 2.11. The van der Waals surface area contributed by atoms with E-state index in [9.17, 15) is 9.18 Å². The second-order valence-electron chi connectivity index (χ2n) is 7.76. The number of carbonyl (C=O) groups excluding carboxylic acids is 1. The van der Waals surface area contributed by atoms with Crippen LogP contribution in [0.4, 0.5) is 21.5 Å². The molecule has 0 atom stereocenters. The van der Waals surface area contributed by atoms with Crippen LogP contribution in [0.15, 0.2) is 36.4 Å². The number of amides is 1. The summed E-state index contributed by atoms with van der Waals surface area (Å²) in [6, 6.07) is 10.2. The Bertz CT molecular complexity index is 1020. The summed E-state index contributed by atoms with van der Waals surface area (Å²) in [5.74, 6) is -0.440. The molecule has 144 valence electrons. The van der Waals surface area contributed by atoms with Gasteiger partial charge in [0.25, 0.3) is 5.91 Å². The number of nitrogens with zero attached hydrogens (tertiary/aromatic N) is 3. The fourth-order valence-electron chi connectivity index (χ4n) is 3.48. The Hall–Kier alpha value is -2.78. The molecule has 0 bridgehead atoms. The smallest absolute Gasteiger partial charge is 0.259 e. The minimum absolute atomic E-state index is 0.0645. The van der Waals surface area contributed by atoms with E-state index in [1.807, 2.05) is 20.8 Å². The van der Waals surface area contributed by atoms with Gasteiger partial charge in [-0.25, -0.2) is 9.24 Å². The largest absolute Gasteiger partial charge is 0.303 e. The van der Waals surface area contributed by atoms with E-state index in [-0.39, 0.29) is 17.6 Å². The molecule has 28 heavy (non-hydrogen) atoms. The molecule has 1 fully saturated rings. The third-order valence-corrected chi connectivity index (χ3v) is 5.46. The number of thiocarbonyl (C=S) groups is 1. The normalized spacial score (nSPS) is 16.1. The van der Waals surface area contributed by atoms with E-state index >= 15 is 0 Å². The lowest BCUT2D eigenvalue weighted by Crippen LogP contribution is -2.44. The standard InChI is InChI=1S/C22H22FN3OS/c1-13(2)17-9-7-16(12-18(17)23)26-21(28)25(20(27)22(26,4)5)15-8-10-19(24-6)14(3)11-15/h7-13H,1-5H3. The second-order valence-corrected chi connectivity index (χ2v) is 8.13. The first kappa shape index (κ1) is 20.0. The zero-order valence-electron chi connectivity index (χ0n) is 16.6. The van der Waals surface area contributed by atoms with Gasteiger partial charge in [-0.2, -0.15) is 0 Å². The third kappa shape index (κ3) is 3.06. The molecule has 1 aliphatic rings. The average molecular weight is 396 g/mol. The molecule has 0 N–H and O–H groups in total. The van der Waals surface area contributed by atoms with Crippen LogP contribution in [-0.4, -0.2) is 16.6 Å². The van der Waals surface area contributed by atoms with E-state index in [0.717, 1.165) is 5.56 Å². The van der Waals surface area contributed by atoms with Gasteiger partial charge in [0.1, 0.15) is 11.4 Å². The van der Waals surface area contributed by atoms with E-state index in [1.165, 1.54) is 11.0 Å². The van der Waals surface area contributed by atoms with Crippen molar-refractivity contribution in [2.75, 3.05) is 9.80 Å². The Morgan fingerprint density at radius 3 is 2.32 bits per heavy atom. The zero-order valence-corrected chi connectivity index (χ0v) is 17.4. The van der Waals surface area contributed by atoms with Crippen LogP contribution in [0.5, 0.6) is 0 Å². The first-order valence-corrected chi connectivity index (χ1v) is 9.46. The molecule has 2 aromatic carbocycles. The predicted molar refractivity (Wildman–Crippen MR) is 115 cm³/mol. The molecule has 0 radical (unpaired) electrons. The highest BCUT2D eigenvalue weighted by Crippen LogP contribution is 2.38. The fraction of sp³-hybridized carbons (Fsp3) is 0.318. The fourth-order valence-corrected chi connectivity index (χ4v) is 4.01. The topological polar surface area (TPSA) is 27.9 Å². The third-order valence-electron chi connectivity index (χ3n) is 5.09. The summed E-state index contributed by atoms with van der Waals surface area (Å²) in [6.45, 7) is 16.4. The second kappa shape index (κ2) is 6.99. The first-order chi connectivity index (χ1) is 13.1. The van der Waals surface area contributed by atoms with Crippen molar-refractivity contribution in [2.24, 2.45) is 0 Å². The summed E-state index contributed by atoms with van der Waals surface area (Å²) < 4.78 is 14.6. The molecule has 3 rings (SSSR count). The lowest BCUT2D eigenvalue weighted by atomic mass is 10.00. The van der Waals surface area contributed by atoms with Crippen LogP contribution >= 0.6 is 12.2 Å².